The van der Waals surface area contributed by atoms with Crippen LogP contribution in [0.5, 0.6) is 5.75 Å². The number of thiophene rings is 1. The lowest BCUT2D eigenvalue weighted by Gasteiger charge is -2.17. The maximum Gasteiger partial charge on any atom is 0.263 e. The lowest BCUT2D eigenvalue weighted by Crippen LogP contribution is -2.33. The molecule has 0 aliphatic rings. The van der Waals surface area contributed by atoms with Gasteiger partial charge < -0.3 is 10.1 Å². The Morgan fingerprint density at radius 3 is 2.61 bits per heavy atom. The van der Waals surface area contributed by atoms with E-state index in [4.69, 9.17) is 16.3 Å². The van der Waals surface area contributed by atoms with Gasteiger partial charge in [0.25, 0.3) is 5.56 Å². The summed E-state index contributed by atoms with van der Waals surface area (Å²) >= 11 is 7.60. The topological polar surface area (TPSA) is 73.2 Å². The van der Waals surface area contributed by atoms with Crippen molar-refractivity contribution in [1.82, 2.24) is 9.55 Å². The summed E-state index contributed by atoms with van der Waals surface area (Å²) in [6.07, 6.45) is 0. The average Bonchev–Trinajstić information content (AvgIpc) is 3.18. The largest absolute Gasteiger partial charge is 0.495 e. The zero-order valence-electron chi connectivity index (χ0n) is 17.2. The molecule has 1 unspecified atom stereocenters. The molecule has 0 radical (unpaired) electrons. The van der Waals surface area contributed by atoms with Crippen molar-refractivity contribution in [2.24, 2.45) is 0 Å². The van der Waals surface area contributed by atoms with Crippen LogP contribution in [0.3, 0.4) is 0 Å². The summed E-state index contributed by atoms with van der Waals surface area (Å²) < 4.78 is 6.55. The number of ether oxygens (including phenoxy) is 1. The van der Waals surface area contributed by atoms with Gasteiger partial charge in [-0.3, -0.25) is 14.2 Å². The number of hydrogen-bond acceptors (Lipinski definition) is 5. The highest BCUT2D eigenvalue weighted by Crippen LogP contribution is 2.31. The van der Waals surface area contributed by atoms with Gasteiger partial charge in [0.05, 0.1) is 17.5 Å². The molecule has 0 aliphatic carbocycles. The van der Waals surface area contributed by atoms with Gasteiger partial charge >= 0.3 is 0 Å². The molecule has 2 aromatic carbocycles. The van der Waals surface area contributed by atoms with Gasteiger partial charge in [0.2, 0.25) is 5.91 Å². The van der Waals surface area contributed by atoms with E-state index in [2.05, 4.69) is 10.3 Å². The van der Waals surface area contributed by atoms with Gasteiger partial charge in [0, 0.05) is 10.6 Å². The van der Waals surface area contributed by atoms with E-state index in [0.717, 1.165) is 10.4 Å². The molecule has 1 amide bonds. The maximum atomic E-state index is 13.2. The number of nitrogens with one attached hydrogen (secondary N) is 1. The maximum absolute atomic E-state index is 13.2. The number of rotatable bonds is 5. The first-order valence-electron chi connectivity index (χ1n) is 9.61. The Labute approximate surface area is 188 Å². The quantitative estimate of drug-likeness (QED) is 0.445. The molecular formula is C23H20ClN3O3S. The van der Waals surface area contributed by atoms with E-state index in [9.17, 15) is 9.59 Å². The molecule has 4 rings (SSSR count). The zero-order valence-corrected chi connectivity index (χ0v) is 18.8. The normalized spacial score (nSPS) is 12.0. The van der Waals surface area contributed by atoms with Gasteiger partial charge in [-0.15, -0.1) is 11.3 Å². The van der Waals surface area contributed by atoms with Gasteiger partial charge in [0.1, 0.15) is 22.4 Å². The van der Waals surface area contributed by atoms with E-state index in [0.29, 0.717) is 32.5 Å². The minimum Gasteiger partial charge on any atom is -0.495 e. The van der Waals surface area contributed by atoms with Crippen LogP contribution in [0, 0.1) is 6.92 Å². The predicted octanol–water partition coefficient (Wildman–Crippen LogP) is 5.30. The van der Waals surface area contributed by atoms with Crippen LogP contribution in [-0.2, 0) is 4.79 Å². The molecule has 1 N–H and O–H groups in total. The van der Waals surface area contributed by atoms with Crippen LogP contribution in [0.4, 0.5) is 5.69 Å². The second kappa shape index (κ2) is 8.53. The molecule has 0 spiro atoms. The second-order valence-corrected chi connectivity index (χ2v) is 8.48. The monoisotopic (exact) mass is 453 g/mol. The summed E-state index contributed by atoms with van der Waals surface area (Å²) in [5.41, 5.74) is 1.30. The van der Waals surface area contributed by atoms with Crippen LogP contribution in [-0.4, -0.2) is 22.6 Å². The summed E-state index contributed by atoms with van der Waals surface area (Å²) in [5, 5.41) is 3.69. The number of benzene rings is 2. The van der Waals surface area contributed by atoms with Gasteiger partial charge in [0.15, 0.2) is 0 Å². The Bertz CT molecular complexity index is 1330. The highest BCUT2D eigenvalue weighted by atomic mass is 35.5. The number of carbonyl (C=O) groups excluding carboxylic acids is 1. The first kappa shape index (κ1) is 21.1. The molecular weight excluding hydrogens is 434 g/mol. The minimum atomic E-state index is -0.759. The average molecular weight is 454 g/mol. The number of carbonyl (C=O) groups is 1. The third-order valence-electron chi connectivity index (χ3n) is 5.02. The first-order chi connectivity index (χ1) is 14.9. The Kier molecular flexibility index (Phi) is 5.80. The minimum absolute atomic E-state index is 0.239. The standard InChI is InChI=1S/C23H20ClN3O3S/c1-13(21(28)26-16-9-10-19(30-3)18(24)11-16)27-14(2)25-22-17(23(27)29)12-20(31-22)15-7-5-4-6-8-15/h4-13H,1-3H3,(H,26,28). The van der Waals surface area contributed by atoms with Crippen LogP contribution in [0.25, 0.3) is 20.7 Å². The van der Waals surface area contributed by atoms with Crippen molar-refractivity contribution in [2.75, 3.05) is 12.4 Å². The number of halogens is 1. The highest BCUT2D eigenvalue weighted by molar-refractivity contribution is 7.21. The molecule has 2 heterocycles. The second-order valence-electron chi connectivity index (χ2n) is 7.04. The number of aryl methyl sites for hydroxylation is 1. The number of nitrogens with zero attached hydrogens (tertiary/aromatic N) is 2. The SMILES string of the molecule is COc1ccc(NC(=O)C(C)n2c(C)nc3sc(-c4ccccc4)cc3c2=O)cc1Cl. The van der Waals surface area contributed by atoms with Crippen LogP contribution in [0.2, 0.25) is 5.02 Å². The van der Waals surface area contributed by atoms with E-state index in [-0.39, 0.29) is 11.5 Å². The van der Waals surface area contributed by atoms with Crippen LogP contribution >= 0.6 is 22.9 Å². The van der Waals surface area contributed by atoms with E-state index in [1.54, 1.807) is 32.0 Å². The fourth-order valence-corrected chi connectivity index (χ4v) is 4.73. The number of methoxy groups -OCH3 is 1. The Morgan fingerprint density at radius 2 is 1.94 bits per heavy atom. The molecule has 158 valence electrons. The van der Waals surface area contributed by atoms with Crippen LogP contribution in [0.15, 0.2) is 59.4 Å². The van der Waals surface area contributed by atoms with Crippen molar-refractivity contribution in [2.45, 2.75) is 19.9 Å². The fourth-order valence-electron chi connectivity index (χ4n) is 3.40. The summed E-state index contributed by atoms with van der Waals surface area (Å²) in [7, 11) is 1.52. The van der Waals surface area contributed by atoms with E-state index < -0.39 is 6.04 Å². The van der Waals surface area contributed by atoms with Crippen LogP contribution < -0.4 is 15.6 Å². The van der Waals surface area contributed by atoms with Gasteiger partial charge in [-0.25, -0.2) is 4.98 Å². The molecule has 0 saturated carbocycles. The lowest BCUT2D eigenvalue weighted by atomic mass is 10.2. The Morgan fingerprint density at radius 1 is 1.19 bits per heavy atom. The molecule has 6 nitrogen and oxygen atoms in total. The van der Waals surface area contributed by atoms with Gasteiger partial charge in [-0.05, 0) is 43.7 Å². The fraction of sp³-hybridized carbons (Fsp3) is 0.174. The van der Waals surface area contributed by atoms with Crippen molar-refractivity contribution in [3.05, 3.63) is 75.8 Å². The van der Waals surface area contributed by atoms with Crippen molar-refractivity contribution in [3.8, 4) is 16.2 Å². The summed E-state index contributed by atoms with van der Waals surface area (Å²) in [5.74, 6) is 0.654. The molecule has 0 saturated heterocycles. The predicted molar refractivity (Wildman–Crippen MR) is 125 cm³/mol. The van der Waals surface area contributed by atoms with E-state index in [1.807, 2.05) is 36.4 Å². The number of amides is 1. The Balaban J connectivity index is 1.67. The third kappa shape index (κ3) is 4.06. The van der Waals surface area contributed by atoms with Crippen molar-refractivity contribution < 1.29 is 9.53 Å². The van der Waals surface area contributed by atoms with E-state index >= 15 is 0 Å². The van der Waals surface area contributed by atoms with Crippen molar-refractivity contribution in [3.63, 3.8) is 0 Å². The molecule has 31 heavy (non-hydrogen) atoms. The third-order valence-corrected chi connectivity index (χ3v) is 6.39. The first-order valence-corrected chi connectivity index (χ1v) is 10.8. The number of hydrogen-bond donors (Lipinski definition) is 1. The van der Waals surface area contributed by atoms with Gasteiger partial charge in [-0.1, -0.05) is 41.9 Å². The summed E-state index contributed by atoms with van der Waals surface area (Å²) in [4.78, 5) is 32.3. The molecule has 8 heteroatoms. The summed E-state index contributed by atoms with van der Waals surface area (Å²) in [6, 6.07) is 15.9. The molecule has 0 bridgehead atoms. The van der Waals surface area contributed by atoms with Crippen molar-refractivity contribution >= 4 is 44.7 Å². The van der Waals surface area contributed by atoms with Gasteiger partial charge in [-0.2, -0.15) is 0 Å². The highest BCUT2D eigenvalue weighted by Gasteiger charge is 2.22. The molecule has 2 aromatic heterocycles. The Hall–Kier alpha value is -3.16. The lowest BCUT2D eigenvalue weighted by molar-refractivity contribution is -0.118. The van der Waals surface area contributed by atoms with Crippen molar-refractivity contribution in [1.29, 1.82) is 0 Å². The molecule has 0 aliphatic heterocycles. The van der Waals surface area contributed by atoms with Crippen LogP contribution in [0.1, 0.15) is 18.8 Å². The number of fused-ring (bicyclic) bond motifs is 1. The number of aromatic nitrogens is 2. The molecule has 0 fully saturated rings. The summed E-state index contributed by atoms with van der Waals surface area (Å²) in [6.45, 7) is 3.41. The molecule has 1 atom stereocenters. The van der Waals surface area contributed by atoms with E-state index in [1.165, 1.54) is 23.0 Å². The zero-order chi connectivity index (χ0) is 22.1. The smallest absolute Gasteiger partial charge is 0.263 e. The number of anilines is 1. The molecule has 4 aromatic rings.